The van der Waals surface area contributed by atoms with Crippen molar-refractivity contribution in [2.75, 3.05) is 31.8 Å². The molecule has 96 valence electrons. The molecule has 1 fully saturated rings. The first-order valence-corrected chi connectivity index (χ1v) is 7.66. The van der Waals surface area contributed by atoms with Crippen LogP contribution in [0, 0.1) is 5.41 Å². The van der Waals surface area contributed by atoms with E-state index >= 15 is 0 Å². The van der Waals surface area contributed by atoms with Crippen LogP contribution in [-0.2, 0) is 9.47 Å². The Kier molecular flexibility index (Phi) is 7.67. The minimum absolute atomic E-state index is 0.420. The fraction of sp³-hybridized carbons (Fsp3) is 1.00. The smallest absolute Gasteiger partial charge is 0.0700 e. The van der Waals surface area contributed by atoms with E-state index in [0.717, 1.165) is 38.2 Å². The molecule has 0 aliphatic heterocycles. The molecule has 0 bridgehead atoms. The summed E-state index contributed by atoms with van der Waals surface area (Å²) in [5.74, 6) is 0. The molecule has 0 saturated heterocycles. The van der Waals surface area contributed by atoms with Crippen molar-refractivity contribution >= 4 is 15.9 Å². The number of alkyl halides is 1. The van der Waals surface area contributed by atoms with E-state index in [1.54, 1.807) is 0 Å². The lowest BCUT2D eigenvalue weighted by molar-refractivity contribution is 0.0128. The molecule has 2 nitrogen and oxygen atoms in total. The standard InChI is InChI=1S/C13H25BrO2/c1-2-3-8-15-9-10-16-12-13(11-14)6-4-5-7-13/h2-12H2,1H3. The highest BCUT2D eigenvalue weighted by Crippen LogP contribution is 2.39. The van der Waals surface area contributed by atoms with Crippen LogP contribution >= 0.6 is 15.9 Å². The molecule has 1 aliphatic rings. The van der Waals surface area contributed by atoms with Gasteiger partial charge < -0.3 is 9.47 Å². The summed E-state index contributed by atoms with van der Waals surface area (Å²) in [4.78, 5) is 0. The summed E-state index contributed by atoms with van der Waals surface area (Å²) >= 11 is 3.63. The maximum atomic E-state index is 5.74. The SMILES string of the molecule is CCCCOCCOCC1(CBr)CCCC1. The molecule has 1 saturated carbocycles. The Morgan fingerprint density at radius 1 is 1.06 bits per heavy atom. The zero-order valence-electron chi connectivity index (χ0n) is 10.5. The normalized spacial score (nSPS) is 19.1. The zero-order valence-corrected chi connectivity index (χ0v) is 12.1. The van der Waals surface area contributed by atoms with Crippen molar-refractivity contribution in [3.05, 3.63) is 0 Å². The lowest BCUT2D eigenvalue weighted by Gasteiger charge is -2.26. The Morgan fingerprint density at radius 3 is 2.38 bits per heavy atom. The Morgan fingerprint density at radius 2 is 1.75 bits per heavy atom. The molecule has 0 N–H and O–H groups in total. The third-order valence-corrected chi connectivity index (χ3v) is 4.56. The van der Waals surface area contributed by atoms with E-state index in [2.05, 4.69) is 22.9 Å². The summed E-state index contributed by atoms with van der Waals surface area (Å²) in [7, 11) is 0. The second-order valence-corrected chi connectivity index (χ2v) is 5.42. The van der Waals surface area contributed by atoms with Crippen LogP contribution in [-0.4, -0.2) is 31.8 Å². The highest BCUT2D eigenvalue weighted by molar-refractivity contribution is 9.09. The number of unbranched alkanes of at least 4 members (excludes halogenated alkanes) is 1. The van der Waals surface area contributed by atoms with Crippen molar-refractivity contribution in [1.82, 2.24) is 0 Å². The first-order valence-electron chi connectivity index (χ1n) is 6.54. The van der Waals surface area contributed by atoms with Crippen LogP contribution in [0.25, 0.3) is 0 Å². The first kappa shape index (κ1) is 14.5. The van der Waals surface area contributed by atoms with Crippen LogP contribution in [0.5, 0.6) is 0 Å². The predicted octanol–water partition coefficient (Wildman–Crippen LogP) is 3.78. The third-order valence-electron chi connectivity index (χ3n) is 3.37. The van der Waals surface area contributed by atoms with Crippen molar-refractivity contribution in [2.24, 2.45) is 5.41 Å². The van der Waals surface area contributed by atoms with Crippen LogP contribution in [0.15, 0.2) is 0 Å². The van der Waals surface area contributed by atoms with Crippen LogP contribution < -0.4 is 0 Å². The molecule has 0 unspecified atom stereocenters. The van der Waals surface area contributed by atoms with Gasteiger partial charge in [0.25, 0.3) is 0 Å². The van der Waals surface area contributed by atoms with Crippen molar-refractivity contribution in [3.63, 3.8) is 0 Å². The van der Waals surface area contributed by atoms with Gasteiger partial charge in [0.15, 0.2) is 0 Å². The van der Waals surface area contributed by atoms with Crippen LogP contribution in [0.3, 0.4) is 0 Å². The van der Waals surface area contributed by atoms with Gasteiger partial charge in [0.1, 0.15) is 0 Å². The topological polar surface area (TPSA) is 18.5 Å². The van der Waals surface area contributed by atoms with Crippen LogP contribution in [0.4, 0.5) is 0 Å². The minimum Gasteiger partial charge on any atom is -0.379 e. The summed E-state index contributed by atoms with van der Waals surface area (Å²) < 4.78 is 11.2. The summed E-state index contributed by atoms with van der Waals surface area (Å²) in [6.45, 7) is 5.45. The van der Waals surface area contributed by atoms with Gasteiger partial charge in [0.2, 0.25) is 0 Å². The van der Waals surface area contributed by atoms with Gasteiger partial charge in [-0.2, -0.15) is 0 Å². The minimum atomic E-state index is 0.420. The molecule has 3 heteroatoms. The highest BCUT2D eigenvalue weighted by Gasteiger charge is 2.32. The fourth-order valence-corrected chi connectivity index (χ4v) is 2.92. The molecule has 0 aromatic heterocycles. The van der Waals surface area contributed by atoms with Gasteiger partial charge in [0, 0.05) is 17.4 Å². The highest BCUT2D eigenvalue weighted by atomic mass is 79.9. The molecule has 0 heterocycles. The Bertz CT molecular complexity index is 167. The molecule has 0 aromatic carbocycles. The van der Waals surface area contributed by atoms with E-state index in [-0.39, 0.29) is 0 Å². The molecule has 0 amide bonds. The number of rotatable bonds is 9. The quantitative estimate of drug-likeness (QED) is 0.476. The molecule has 0 aromatic rings. The van der Waals surface area contributed by atoms with Gasteiger partial charge >= 0.3 is 0 Å². The molecule has 0 radical (unpaired) electrons. The van der Waals surface area contributed by atoms with Crippen LogP contribution in [0.1, 0.15) is 45.4 Å². The maximum Gasteiger partial charge on any atom is 0.0700 e. The molecule has 16 heavy (non-hydrogen) atoms. The van der Waals surface area contributed by atoms with Gasteiger partial charge in [-0.15, -0.1) is 0 Å². The van der Waals surface area contributed by atoms with E-state index in [1.165, 1.54) is 32.1 Å². The Balaban J connectivity index is 1.97. The zero-order chi connectivity index (χ0) is 11.7. The summed E-state index contributed by atoms with van der Waals surface area (Å²) in [6.07, 6.45) is 7.71. The monoisotopic (exact) mass is 292 g/mol. The summed E-state index contributed by atoms with van der Waals surface area (Å²) in [5, 5.41) is 1.08. The van der Waals surface area contributed by atoms with Crippen molar-refractivity contribution in [2.45, 2.75) is 45.4 Å². The van der Waals surface area contributed by atoms with Gasteiger partial charge in [0.05, 0.1) is 19.8 Å². The average Bonchev–Trinajstić information content (AvgIpc) is 2.77. The van der Waals surface area contributed by atoms with Crippen molar-refractivity contribution < 1.29 is 9.47 Å². The van der Waals surface area contributed by atoms with Crippen molar-refractivity contribution in [1.29, 1.82) is 0 Å². The Labute approximate surface area is 108 Å². The lowest BCUT2D eigenvalue weighted by Crippen LogP contribution is -2.26. The number of hydrogen-bond donors (Lipinski definition) is 0. The largest absolute Gasteiger partial charge is 0.379 e. The van der Waals surface area contributed by atoms with Crippen molar-refractivity contribution in [3.8, 4) is 0 Å². The molecule has 1 aliphatic carbocycles. The number of halogens is 1. The average molecular weight is 293 g/mol. The van der Waals surface area contributed by atoms with E-state index in [0.29, 0.717) is 5.41 Å². The lowest BCUT2D eigenvalue weighted by atomic mass is 9.90. The Hall–Kier alpha value is 0.400. The van der Waals surface area contributed by atoms with E-state index < -0.39 is 0 Å². The number of hydrogen-bond acceptors (Lipinski definition) is 2. The predicted molar refractivity (Wildman–Crippen MR) is 71.2 cm³/mol. The summed E-state index contributed by atoms with van der Waals surface area (Å²) in [5.41, 5.74) is 0.420. The van der Waals surface area contributed by atoms with Gasteiger partial charge in [-0.05, 0) is 19.3 Å². The molecule has 0 atom stereocenters. The van der Waals surface area contributed by atoms with E-state index in [1.807, 2.05) is 0 Å². The number of ether oxygens (including phenoxy) is 2. The van der Waals surface area contributed by atoms with E-state index in [4.69, 9.17) is 9.47 Å². The molecular weight excluding hydrogens is 268 g/mol. The van der Waals surface area contributed by atoms with Gasteiger partial charge in [-0.25, -0.2) is 0 Å². The van der Waals surface area contributed by atoms with Gasteiger partial charge in [-0.1, -0.05) is 42.1 Å². The second kappa shape index (κ2) is 8.48. The summed E-state index contributed by atoms with van der Waals surface area (Å²) in [6, 6.07) is 0. The molecular formula is C13H25BrO2. The molecule has 1 rings (SSSR count). The van der Waals surface area contributed by atoms with Crippen LogP contribution in [0.2, 0.25) is 0 Å². The fourth-order valence-electron chi connectivity index (χ4n) is 2.20. The first-order chi connectivity index (χ1) is 7.83. The molecule has 0 spiro atoms. The maximum absolute atomic E-state index is 5.74. The van der Waals surface area contributed by atoms with E-state index in [9.17, 15) is 0 Å². The third kappa shape index (κ3) is 5.15. The van der Waals surface area contributed by atoms with Gasteiger partial charge in [-0.3, -0.25) is 0 Å². The second-order valence-electron chi connectivity index (χ2n) is 4.86.